The Labute approximate surface area is 124 Å². The van der Waals surface area contributed by atoms with E-state index in [0.29, 0.717) is 0 Å². The molecule has 1 radical (unpaired) electrons. The van der Waals surface area contributed by atoms with Gasteiger partial charge in [-0.05, 0) is 25.7 Å². The highest BCUT2D eigenvalue weighted by Crippen LogP contribution is 2.16. The molecule has 0 saturated heterocycles. The molecule has 0 aromatic carbocycles. The monoisotopic (exact) mass is 271 g/mol. The van der Waals surface area contributed by atoms with Crippen molar-refractivity contribution >= 4 is 0 Å². The lowest BCUT2D eigenvalue weighted by molar-refractivity contribution is -0.929. The van der Waals surface area contributed by atoms with E-state index in [-0.39, 0.29) is 0 Å². The first kappa shape index (κ1) is 21.3. The predicted octanol–water partition coefficient (Wildman–Crippen LogP) is 5.84. The molecule has 0 aromatic heterocycles. The van der Waals surface area contributed by atoms with E-state index in [9.17, 15) is 0 Å². The Hall–Kier alpha value is -0.0400. The van der Waals surface area contributed by atoms with Gasteiger partial charge in [0.15, 0.2) is 0 Å². The molecule has 1 heteroatoms. The summed E-state index contributed by atoms with van der Waals surface area (Å²) in [6.07, 6.45) is 11.1. The standard InChI is InChI=1S/C16H36N.C2H5/c1-5-9-13-17(14-10-6-2,15-11-7-3)16-12-8-4;1-2/h5-16H2,1-4H3;1H2,2H3/q+1;. The first-order valence-electron chi connectivity index (χ1n) is 8.80. The Bertz CT molecular complexity index is 116. The van der Waals surface area contributed by atoms with Gasteiger partial charge in [-0.25, -0.2) is 0 Å². The van der Waals surface area contributed by atoms with Crippen LogP contribution in [-0.4, -0.2) is 30.7 Å². The lowest BCUT2D eigenvalue weighted by Crippen LogP contribution is -2.50. The second-order valence-electron chi connectivity index (χ2n) is 5.65. The second kappa shape index (κ2) is 16.0. The van der Waals surface area contributed by atoms with Crippen LogP contribution in [0.3, 0.4) is 0 Å². The van der Waals surface area contributed by atoms with Crippen LogP contribution in [0.4, 0.5) is 0 Å². The summed E-state index contributed by atoms with van der Waals surface area (Å²) in [4.78, 5) is 0. The third-order valence-electron chi connectivity index (χ3n) is 3.94. The van der Waals surface area contributed by atoms with E-state index >= 15 is 0 Å². The Balaban J connectivity index is 0. The number of hydrogen-bond acceptors (Lipinski definition) is 0. The molecule has 0 N–H and O–H groups in total. The van der Waals surface area contributed by atoms with Gasteiger partial charge in [-0.3, -0.25) is 0 Å². The van der Waals surface area contributed by atoms with E-state index in [1.54, 1.807) is 6.92 Å². The van der Waals surface area contributed by atoms with Crippen LogP contribution in [0.1, 0.15) is 86.0 Å². The van der Waals surface area contributed by atoms with Crippen LogP contribution in [0.15, 0.2) is 0 Å². The van der Waals surface area contributed by atoms with Crippen LogP contribution in [0.25, 0.3) is 0 Å². The number of unbranched alkanes of at least 4 members (excludes halogenated alkanes) is 4. The van der Waals surface area contributed by atoms with Crippen molar-refractivity contribution in [1.82, 2.24) is 0 Å². The highest BCUT2D eigenvalue weighted by atomic mass is 15.3. The Kier molecular flexibility index (Phi) is 17.9. The Morgan fingerprint density at radius 2 is 0.737 bits per heavy atom. The van der Waals surface area contributed by atoms with Crippen LogP contribution < -0.4 is 0 Å². The zero-order valence-electron chi connectivity index (χ0n) is 14.6. The van der Waals surface area contributed by atoms with E-state index in [4.69, 9.17) is 0 Å². The van der Waals surface area contributed by atoms with Gasteiger partial charge in [-0.1, -0.05) is 67.2 Å². The second-order valence-corrected chi connectivity index (χ2v) is 5.65. The van der Waals surface area contributed by atoms with Crippen molar-refractivity contribution in [1.29, 1.82) is 0 Å². The lowest BCUT2D eigenvalue weighted by Gasteiger charge is -2.39. The maximum Gasteiger partial charge on any atom is 0.0786 e. The average Bonchev–Trinajstić information content (AvgIpc) is 2.48. The number of quaternary nitrogens is 1. The minimum absolute atomic E-state index is 1.35. The molecular formula is C18H41N+. The third-order valence-corrected chi connectivity index (χ3v) is 3.94. The fourth-order valence-electron chi connectivity index (χ4n) is 2.64. The summed E-state index contributed by atoms with van der Waals surface area (Å²) in [5.41, 5.74) is 0. The van der Waals surface area contributed by atoms with Crippen molar-refractivity contribution in [2.24, 2.45) is 0 Å². The average molecular weight is 272 g/mol. The van der Waals surface area contributed by atoms with Gasteiger partial charge in [0.25, 0.3) is 0 Å². The molecule has 0 atom stereocenters. The molecule has 0 rings (SSSR count). The molecule has 117 valence electrons. The molecule has 1 nitrogen and oxygen atoms in total. The molecule has 0 aliphatic heterocycles. The van der Waals surface area contributed by atoms with Crippen molar-refractivity contribution in [3.05, 3.63) is 6.92 Å². The molecule has 0 heterocycles. The van der Waals surface area contributed by atoms with Crippen molar-refractivity contribution in [3.8, 4) is 0 Å². The molecule has 19 heavy (non-hydrogen) atoms. The van der Waals surface area contributed by atoms with Gasteiger partial charge in [0.05, 0.1) is 26.2 Å². The zero-order chi connectivity index (χ0) is 15.0. The van der Waals surface area contributed by atoms with Gasteiger partial charge in [0, 0.05) is 0 Å². The molecule has 0 fully saturated rings. The quantitative estimate of drug-likeness (QED) is 0.391. The van der Waals surface area contributed by atoms with Crippen LogP contribution in [0, 0.1) is 6.92 Å². The van der Waals surface area contributed by atoms with Crippen molar-refractivity contribution in [2.75, 3.05) is 26.2 Å². The molecule has 0 aromatic rings. The van der Waals surface area contributed by atoms with Gasteiger partial charge in [0.1, 0.15) is 0 Å². The maximum atomic E-state index is 3.25. The van der Waals surface area contributed by atoms with E-state index < -0.39 is 0 Å². The summed E-state index contributed by atoms with van der Waals surface area (Å²) in [5.74, 6) is 0. The first-order chi connectivity index (χ1) is 9.24. The van der Waals surface area contributed by atoms with E-state index in [1.807, 2.05) is 0 Å². The molecule has 0 bridgehead atoms. The van der Waals surface area contributed by atoms with Crippen LogP contribution in [0.5, 0.6) is 0 Å². The molecule has 0 spiro atoms. The minimum Gasteiger partial charge on any atom is -0.324 e. The summed E-state index contributed by atoms with van der Waals surface area (Å²) in [7, 11) is 0. The largest absolute Gasteiger partial charge is 0.324 e. The normalized spacial score (nSPS) is 11.1. The van der Waals surface area contributed by atoms with Gasteiger partial charge >= 0.3 is 0 Å². The number of rotatable bonds is 12. The molecule has 0 saturated carbocycles. The van der Waals surface area contributed by atoms with E-state index in [0.717, 1.165) is 0 Å². The fourth-order valence-corrected chi connectivity index (χ4v) is 2.64. The minimum atomic E-state index is 1.35. The number of hydrogen-bond donors (Lipinski definition) is 0. The highest BCUT2D eigenvalue weighted by Gasteiger charge is 2.24. The molecule has 0 unspecified atom stereocenters. The van der Waals surface area contributed by atoms with E-state index in [2.05, 4.69) is 34.6 Å². The summed E-state index contributed by atoms with van der Waals surface area (Å²) < 4.78 is 1.42. The third kappa shape index (κ3) is 11.5. The zero-order valence-corrected chi connectivity index (χ0v) is 14.6. The number of nitrogens with zero attached hydrogens (tertiary/aromatic N) is 1. The van der Waals surface area contributed by atoms with Crippen LogP contribution in [0.2, 0.25) is 0 Å². The van der Waals surface area contributed by atoms with Crippen molar-refractivity contribution in [2.45, 2.75) is 86.0 Å². The van der Waals surface area contributed by atoms with Crippen molar-refractivity contribution < 1.29 is 4.48 Å². The maximum absolute atomic E-state index is 3.25. The lowest BCUT2D eigenvalue weighted by atomic mass is 10.1. The van der Waals surface area contributed by atoms with E-state index in [1.165, 1.54) is 82.0 Å². The smallest absolute Gasteiger partial charge is 0.0786 e. The van der Waals surface area contributed by atoms with Crippen molar-refractivity contribution in [3.63, 3.8) is 0 Å². The molecular weight excluding hydrogens is 230 g/mol. The Morgan fingerprint density at radius 1 is 0.526 bits per heavy atom. The summed E-state index contributed by atoms with van der Waals surface area (Å²) >= 11 is 0. The fraction of sp³-hybridized carbons (Fsp3) is 0.944. The topological polar surface area (TPSA) is 0 Å². The SMILES string of the molecule is CCCC[N+](CCCC)(CCCC)CCCC.[CH2]C. The van der Waals surface area contributed by atoms with Gasteiger partial charge < -0.3 is 4.48 Å². The van der Waals surface area contributed by atoms with Crippen LogP contribution >= 0.6 is 0 Å². The predicted molar refractivity (Wildman–Crippen MR) is 90.4 cm³/mol. The molecule has 0 amide bonds. The van der Waals surface area contributed by atoms with Gasteiger partial charge in [0.2, 0.25) is 0 Å². The summed E-state index contributed by atoms with van der Waals surface area (Å²) in [6, 6.07) is 0. The summed E-state index contributed by atoms with van der Waals surface area (Å²) in [5, 5.41) is 0. The molecule has 0 aliphatic carbocycles. The highest BCUT2D eigenvalue weighted by molar-refractivity contribution is 4.49. The summed E-state index contributed by atoms with van der Waals surface area (Å²) in [6.45, 7) is 20.0. The van der Waals surface area contributed by atoms with Crippen LogP contribution in [-0.2, 0) is 0 Å². The van der Waals surface area contributed by atoms with Gasteiger partial charge in [-0.15, -0.1) is 0 Å². The van der Waals surface area contributed by atoms with Gasteiger partial charge in [-0.2, -0.15) is 0 Å². The Morgan fingerprint density at radius 3 is 0.895 bits per heavy atom. The molecule has 0 aliphatic rings. The first-order valence-corrected chi connectivity index (χ1v) is 8.80.